The third kappa shape index (κ3) is 3.27. The number of hydrogen-bond donors (Lipinski definition) is 1. The smallest absolute Gasteiger partial charge is 0.271 e. The summed E-state index contributed by atoms with van der Waals surface area (Å²) in [7, 11) is 0. The summed E-state index contributed by atoms with van der Waals surface area (Å²) in [5.74, 6) is 0. The van der Waals surface area contributed by atoms with Crippen molar-refractivity contribution in [2.75, 3.05) is 5.32 Å². The maximum atomic E-state index is 10.7. The van der Waals surface area contributed by atoms with Crippen LogP contribution in [0.2, 0.25) is 5.02 Å². The molecule has 0 aliphatic heterocycles. The van der Waals surface area contributed by atoms with Gasteiger partial charge in [-0.25, -0.2) is 0 Å². The van der Waals surface area contributed by atoms with Gasteiger partial charge in [0.25, 0.3) is 5.69 Å². The molecule has 2 aromatic rings. The molecule has 0 saturated carbocycles. The van der Waals surface area contributed by atoms with Crippen LogP contribution in [0.3, 0.4) is 0 Å². The molecule has 2 rings (SSSR count). The van der Waals surface area contributed by atoms with Crippen LogP contribution in [-0.4, -0.2) is 4.92 Å². The number of halogens is 1. The lowest BCUT2D eigenvalue weighted by Gasteiger charge is -2.17. The van der Waals surface area contributed by atoms with E-state index in [1.54, 1.807) is 6.07 Å². The Morgan fingerprint density at radius 2 is 2.00 bits per heavy atom. The Morgan fingerprint density at radius 1 is 1.25 bits per heavy atom. The molecule has 0 aliphatic rings. The van der Waals surface area contributed by atoms with Crippen LogP contribution in [0.5, 0.6) is 0 Å². The van der Waals surface area contributed by atoms with E-state index in [0.29, 0.717) is 10.7 Å². The van der Waals surface area contributed by atoms with Crippen molar-refractivity contribution in [2.45, 2.75) is 19.9 Å². The third-order valence-corrected chi connectivity index (χ3v) is 3.39. The predicted octanol–water partition coefficient (Wildman–Crippen LogP) is 4.73. The first-order valence-electron chi connectivity index (χ1n) is 6.24. The summed E-state index contributed by atoms with van der Waals surface area (Å²) in [4.78, 5) is 10.2. The normalized spacial score (nSPS) is 11.9. The quantitative estimate of drug-likeness (QED) is 0.654. The van der Waals surface area contributed by atoms with E-state index in [2.05, 4.69) is 11.4 Å². The Labute approximate surface area is 122 Å². The molecule has 0 radical (unpaired) electrons. The van der Waals surface area contributed by atoms with Gasteiger partial charge in [-0.15, -0.1) is 0 Å². The number of nitro groups is 1. The molecule has 0 spiro atoms. The average molecular weight is 291 g/mol. The molecular weight excluding hydrogens is 276 g/mol. The van der Waals surface area contributed by atoms with Crippen LogP contribution in [0.25, 0.3) is 0 Å². The predicted molar refractivity (Wildman–Crippen MR) is 81.3 cm³/mol. The van der Waals surface area contributed by atoms with Crippen LogP contribution in [0.4, 0.5) is 11.4 Å². The summed E-state index contributed by atoms with van der Waals surface area (Å²) in [5, 5.41) is 14.3. The molecule has 4 nitrogen and oxygen atoms in total. The van der Waals surface area contributed by atoms with Gasteiger partial charge in [0.05, 0.1) is 15.6 Å². The van der Waals surface area contributed by atoms with E-state index < -0.39 is 4.92 Å². The number of anilines is 1. The molecule has 0 amide bonds. The van der Waals surface area contributed by atoms with Gasteiger partial charge in [-0.3, -0.25) is 10.1 Å². The minimum atomic E-state index is -0.459. The number of benzene rings is 2. The van der Waals surface area contributed by atoms with Gasteiger partial charge in [0.15, 0.2) is 0 Å². The van der Waals surface area contributed by atoms with Crippen molar-refractivity contribution in [3.63, 3.8) is 0 Å². The minimum Gasteiger partial charge on any atom is -0.377 e. The number of hydrogen-bond acceptors (Lipinski definition) is 3. The Bertz CT molecular complexity index is 644. The fraction of sp³-hybridized carbons (Fsp3) is 0.200. The van der Waals surface area contributed by atoms with Crippen LogP contribution in [-0.2, 0) is 0 Å². The summed E-state index contributed by atoms with van der Waals surface area (Å²) in [5.41, 5.74) is 3.00. The van der Waals surface area contributed by atoms with Crippen molar-refractivity contribution >= 4 is 23.0 Å². The highest BCUT2D eigenvalue weighted by Gasteiger charge is 2.12. The molecule has 1 unspecified atom stereocenters. The molecule has 0 heterocycles. The first-order valence-corrected chi connectivity index (χ1v) is 6.62. The van der Waals surface area contributed by atoms with E-state index in [4.69, 9.17) is 11.6 Å². The highest BCUT2D eigenvalue weighted by Crippen LogP contribution is 2.29. The van der Waals surface area contributed by atoms with Crippen molar-refractivity contribution in [1.29, 1.82) is 0 Å². The number of rotatable bonds is 4. The lowest BCUT2D eigenvalue weighted by Crippen LogP contribution is -2.07. The Morgan fingerprint density at radius 3 is 2.60 bits per heavy atom. The monoisotopic (exact) mass is 290 g/mol. The van der Waals surface area contributed by atoms with Gasteiger partial charge in [-0.2, -0.15) is 0 Å². The van der Waals surface area contributed by atoms with E-state index in [1.165, 1.54) is 17.7 Å². The van der Waals surface area contributed by atoms with Crippen molar-refractivity contribution in [2.24, 2.45) is 0 Å². The topological polar surface area (TPSA) is 55.2 Å². The summed E-state index contributed by atoms with van der Waals surface area (Å²) >= 11 is 6.07. The Balaban J connectivity index is 2.19. The van der Waals surface area contributed by atoms with Crippen molar-refractivity contribution in [3.05, 3.63) is 68.7 Å². The van der Waals surface area contributed by atoms with Crippen LogP contribution in [0.1, 0.15) is 24.1 Å². The summed E-state index contributed by atoms with van der Waals surface area (Å²) in [6, 6.07) is 12.7. The molecule has 0 saturated heterocycles. The Kier molecular flexibility index (Phi) is 4.25. The van der Waals surface area contributed by atoms with Gasteiger partial charge < -0.3 is 5.32 Å². The molecule has 1 N–H and O–H groups in total. The average Bonchev–Trinajstić information content (AvgIpc) is 2.40. The van der Waals surface area contributed by atoms with Crippen molar-refractivity contribution < 1.29 is 4.92 Å². The number of aryl methyl sites for hydroxylation is 1. The summed E-state index contributed by atoms with van der Waals surface area (Å²) < 4.78 is 0. The molecule has 0 fully saturated rings. The van der Waals surface area contributed by atoms with Crippen LogP contribution in [0, 0.1) is 17.0 Å². The fourth-order valence-electron chi connectivity index (χ4n) is 1.99. The van der Waals surface area contributed by atoms with Crippen LogP contribution >= 0.6 is 11.6 Å². The number of nitrogens with zero attached hydrogens (tertiary/aromatic N) is 1. The summed E-state index contributed by atoms with van der Waals surface area (Å²) in [6.07, 6.45) is 0. The molecule has 1 atom stereocenters. The molecular formula is C15H15ClN2O2. The second-order valence-electron chi connectivity index (χ2n) is 4.70. The first kappa shape index (κ1) is 14.3. The Hall–Kier alpha value is -2.07. The van der Waals surface area contributed by atoms with E-state index in [9.17, 15) is 10.1 Å². The van der Waals surface area contributed by atoms with Gasteiger partial charge in [-0.1, -0.05) is 41.4 Å². The maximum absolute atomic E-state index is 10.7. The minimum absolute atomic E-state index is 0.0104. The highest BCUT2D eigenvalue weighted by molar-refractivity contribution is 6.33. The third-order valence-electron chi connectivity index (χ3n) is 3.08. The van der Waals surface area contributed by atoms with E-state index in [-0.39, 0.29) is 11.7 Å². The van der Waals surface area contributed by atoms with E-state index >= 15 is 0 Å². The number of non-ortho nitro benzene ring substituents is 1. The SMILES string of the molecule is Cc1cccc(C(C)Nc2ccc([N+](=O)[O-])cc2Cl)c1. The molecule has 5 heteroatoms. The zero-order valence-corrected chi connectivity index (χ0v) is 12.0. The van der Waals surface area contributed by atoms with Crippen LogP contribution in [0.15, 0.2) is 42.5 Å². The molecule has 0 aliphatic carbocycles. The summed E-state index contributed by atoms with van der Waals surface area (Å²) in [6.45, 7) is 4.06. The van der Waals surface area contributed by atoms with Gasteiger partial charge in [0, 0.05) is 18.2 Å². The maximum Gasteiger partial charge on any atom is 0.271 e. The van der Waals surface area contributed by atoms with Gasteiger partial charge in [-0.05, 0) is 25.5 Å². The molecule has 104 valence electrons. The largest absolute Gasteiger partial charge is 0.377 e. The first-order chi connectivity index (χ1) is 9.47. The molecule has 0 bridgehead atoms. The zero-order chi connectivity index (χ0) is 14.7. The van der Waals surface area contributed by atoms with Gasteiger partial charge in [0.2, 0.25) is 0 Å². The molecule has 2 aromatic carbocycles. The molecule has 20 heavy (non-hydrogen) atoms. The number of nitrogens with one attached hydrogen (secondary N) is 1. The van der Waals surface area contributed by atoms with Gasteiger partial charge >= 0.3 is 0 Å². The van der Waals surface area contributed by atoms with E-state index in [1.807, 2.05) is 32.0 Å². The highest BCUT2D eigenvalue weighted by atomic mass is 35.5. The zero-order valence-electron chi connectivity index (χ0n) is 11.3. The molecule has 0 aromatic heterocycles. The lowest BCUT2D eigenvalue weighted by atomic mass is 10.1. The fourth-order valence-corrected chi connectivity index (χ4v) is 2.22. The van der Waals surface area contributed by atoms with Crippen molar-refractivity contribution in [1.82, 2.24) is 0 Å². The lowest BCUT2D eigenvalue weighted by molar-refractivity contribution is -0.384. The van der Waals surface area contributed by atoms with Gasteiger partial charge in [0.1, 0.15) is 0 Å². The second kappa shape index (κ2) is 5.92. The second-order valence-corrected chi connectivity index (χ2v) is 5.11. The number of nitro benzene ring substituents is 1. The van der Waals surface area contributed by atoms with Crippen LogP contribution < -0.4 is 5.32 Å². The van der Waals surface area contributed by atoms with Crippen molar-refractivity contribution in [3.8, 4) is 0 Å². The standard InChI is InChI=1S/C15H15ClN2O2/c1-10-4-3-5-12(8-10)11(2)17-15-7-6-13(18(19)20)9-14(15)16/h3-9,11,17H,1-2H3. The van der Waals surface area contributed by atoms with E-state index in [0.717, 1.165) is 5.56 Å².